The molecule has 3 nitrogen and oxygen atoms in total. The van der Waals surface area contributed by atoms with Crippen LogP contribution in [-0.4, -0.2) is 38.5 Å². The summed E-state index contributed by atoms with van der Waals surface area (Å²) >= 11 is 0. The lowest BCUT2D eigenvalue weighted by Gasteiger charge is -2.41. The number of hydrogen-bond acceptors (Lipinski definition) is 3. The Hall–Kier alpha value is -0.120. The van der Waals surface area contributed by atoms with Crippen molar-refractivity contribution in [3.8, 4) is 0 Å². The van der Waals surface area contributed by atoms with Crippen LogP contribution in [0, 0.1) is 23.7 Å². The standard InChI is InChI=1S/C17H33NO2/c1-13(2)10-18-11-14(3)15(4)16-5-7-20-17(9-16)6-8-19-12-17/h13-16,18H,5-12H2,1-4H3. The minimum Gasteiger partial charge on any atom is -0.378 e. The highest BCUT2D eigenvalue weighted by Crippen LogP contribution is 2.40. The fourth-order valence-electron chi connectivity index (χ4n) is 3.63. The molecule has 2 saturated heterocycles. The van der Waals surface area contributed by atoms with Crippen LogP contribution in [0.2, 0.25) is 0 Å². The Morgan fingerprint density at radius 2 is 1.95 bits per heavy atom. The molecule has 2 heterocycles. The van der Waals surface area contributed by atoms with Crippen LogP contribution in [0.4, 0.5) is 0 Å². The van der Waals surface area contributed by atoms with Gasteiger partial charge in [-0.25, -0.2) is 0 Å². The van der Waals surface area contributed by atoms with Crippen molar-refractivity contribution >= 4 is 0 Å². The molecule has 0 radical (unpaired) electrons. The Morgan fingerprint density at radius 1 is 1.15 bits per heavy atom. The minimum absolute atomic E-state index is 0.0578. The van der Waals surface area contributed by atoms with E-state index < -0.39 is 0 Å². The zero-order valence-corrected chi connectivity index (χ0v) is 13.8. The van der Waals surface area contributed by atoms with Crippen molar-refractivity contribution < 1.29 is 9.47 Å². The lowest BCUT2D eigenvalue weighted by atomic mass is 9.74. The molecule has 0 aromatic carbocycles. The highest BCUT2D eigenvalue weighted by Gasteiger charge is 2.42. The third-order valence-electron chi connectivity index (χ3n) is 5.26. The summed E-state index contributed by atoms with van der Waals surface area (Å²) in [6, 6.07) is 0. The van der Waals surface area contributed by atoms with E-state index in [1.54, 1.807) is 0 Å². The van der Waals surface area contributed by atoms with Gasteiger partial charge < -0.3 is 14.8 Å². The molecule has 0 aliphatic carbocycles. The monoisotopic (exact) mass is 283 g/mol. The molecule has 0 amide bonds. The Balaban J connectivity index is 1.80. The molecular weight excluding hydrogens is 250 g/mol. The Bertz CT molecular complexity index is 287. The van der Waals surface area contributed by atoms with Crippen LogP contribution < -0.4 is 5.32 Å². The maximum absolute atomic E-state index is 6.06. The number of rotatable bonds is 6. The second kappa shape index (κ2) is 7.24. The fraction of sp³-hybridized carbons (Fsp3) is 1.00. The summed E-state index contributed by atoms with van der Waals surface area (Å²) in [6.07, 6.45) is 3.51. The first kappa shape index (κ1) is 16.3. The van der Waals surface area contributed by atoms with Gasteiger partial charge in [0.25, 0.3) is 0 Å². The van der Waals surface area contributed by atoms with Crippen molar-refractivity contribution in [2.45, 2.75) is 52.6 Å². The van der Waals surface area contributed by atoms with Gasteiger partial charge in [0.05, 0.1) is 12.2 Å². The highest BCUT2D eigenvalue weighted by molar-refractivity contribution is 4.92. The topological polar surface area (TPSA) is 30.5 Å². The average Bonchev–Trinajstić information content (AvgIpc) is 2.85. The van der Waals surface area contributed by atoms with Crippen molar-refractivity contribution in [3.05, 3.63) is 0 Å². The molecule has 1 spiro atoms. The molecule has 0 aromatic rings. The van der Waals surface area contributed by atoms with Crippen molar-refractivity contribution in [1.82, 2.24) is 5.32 Å². The molecule has 2 rings (SSSR count). The Kier molecular flexibility index (Phi) is 5.88. The predicted octanol–water partition coefficient (Wildman–Crippen LogP) is 3.09. The van der Waals surface area contributed by atoms with Gasteiger partial charge in [-0.05, 0) is 49.6 Å². The first-order valence-electron chi connectivity index (χ1n) is 8.45. The molecule has 0 bridgehead atoms. The lowest BCUT2D eigenvalue weighted by Crippen LogP contribution is -2.43. The number of ether oxygens (including phenoxy) is 2. The summed E-state index contributed by atoms with van der Waals surface area (Å²) in [7, 11) is 0. The summed E-state index contributed by atoms with van der Waals surface area (Å²) in [5.41, 5.74) is 0.0578. The minimum atomic E-state index is 0.0578. The molecule has 3 heteroatoms. The molecule has 118 valence electrons. The van der Waals surface area contributed by atoms with Crippen LogP contribution in [0.3, 0.4) is 0 Å². The van der Waals surface area contributed by atoms with E-state index in [2.05, 4.69) is 33.0 Å². The van der Waals surface area contributed by atoms with Gasteiger partial charge in [0.1, 0.15) is 0 Å². The van der Waals surface area contributed by atoms with Gasteiger partial charge in [0, 0.05) is 19.6 Å². The van der Waals surface area contributed by atoms with Crippen LogP contribution in [0.5, 0.6) is 0 Å². The molecule has 2 aliphatic rings. The molecule has 0 saturated carbocycles. The van der Waals surface area contributed by atoms with E-state index in [0.29, 0.717) is 0 Å². The third kappa shape index (κ3) is 4.19. The van der Waals surface area contributed by atoms with E-state index in [1.165, 1.54) is 12.8 Å². The SMILES string of the molecule is CC(C)CNCC(C)C(C)C1CCOC2(CCOC2)C1. The maximum Gasteiger partial charge on any atom is 0.0939 e. The fourth-order valence-corrected chi connectivity index (χ4v) is 3.63. The first-order valence-corrected chi connectivity index (χ1v) is 8.45. The van der Waals surface area contributed by atoms with Gasteiger partial charge >= 0.3 is 0 Å². The summed E-state index contributed by atoms with van der Waals surface area (Å²) in [5.74, 6) is 3.02. The average molecular weight is 283 g/mol. The zero-order valence-electron chi connectivity index (χ0n) is 13.8. The van der Waals surface area contributed by atoms with E-state index in [-0.39, 0.29) is 5.60 Å². The molecule has 4 atom stereocenters. The van der Waals surface area contributed by atoms with E-state index in [0.717, 1.165) is 63.0 Å². The zero-order chi connectivity index (χ0) is 14.6. The summed E-state index contributed by atoms with van der Waals surface area (Å²) in [5, 5.41) is 3.61. The van der Waals surface area contributed by atoms with Crippen LogP contribution in [-0.2, 0) is 9.47 Å². The molecular formula is C17H33NO2. The van der Waals surface area contributed by atoms with Crippen molar-refractivity contribution in [1.29, 1.82) is 0 Å². The normalized spacial score (nSPS) is 33.8. The van der Waals surface area contributed by atoms with Crippen LogP contribution in [0.15, 0.2) is 0 Å². The molecule has 0 aromatic heterocycles. The number of hydrogen-bond donors (Lipinski definition) is 1. The highest BCUT2D eigenvalue weighted by atomic mass is 16.6. The van der Waals surface area contributed by atoms with E-state index in [4.69, 9.17) is 9.47 Å². The van der Waals surface area contributed by atoms with Gasteiger partial charge in [0.15, 0.2) is 0 Å². The van der Waals surface area contributed by atoms with Crippen molar-refractivity contribution in [2.24, 2.45) is 23.7 Å². The largest absolute Gasteiger partial charge is 0.378 e. The molecule has 2 aliphatic heterocycles. The van der Waals surface area contributed by atoms with Crippen molar-refractivity contribution in [3.63, 3.8) is 0 Å². The van der Waals surface area contributed by atoms with E-state index in [1.807, 2.05) is 0 Å². The summed E-state index contributed by atoms with van der Waals surface area (Å²) in [6.45, 7) is 14.2. The second-order valence-corrected chi connectivity index (χ2v) is 7.48. The van der Waals surface area contributed by atoms with Crippen LogP contribution in [0.1, 0.15) is 47.0 Å². The summed E-state index contributed by atoms with van der Waals surface area (Å²) in [4.78, 5) is 0. The summed E-state index contributed by atoms with van der Waals surface area (Å²) < 4.78 is 11.6. The molecule has 4 unspecified atom stereocenters. The Labute approximate surface area is 124 Å². The van der Waals surface area contributed by atoms with Gasteiger partial charge in [-0.15, -0.1) is 0 Å². The van der Waals surface area contributed by atoms with Crippen molar-refractivity contribution in [2.75, 3.05) is 32.9 Å². The lowest BCUT2D eigenvalue weighted by molar-refractivity contribution is -0.108. The first-order chi connectivity index (χ1) is 9.52. The molecule has 2 fully saturated rings. The predicted molar refractivity (Wildman–Crippen MR) is 82.9 cm³/mol. The quantitative estimate of drug-likeness (QED) is 0.812. The van der Waals surface area contributed by atoms with Gasteiger partial charge in [-0.1, -0.05) is 27.7 Å². The second-order valence-electron chi connectivity index (χ2n) is 7.48. The maximum atomic E-state index is 6.06. The molecule has 20 heavy (non-hydrogen) atoms. The van der Waals surface area contributed by atoms with Gasteiger partial charge in [-0.2, -0.15) is 0 Å². The smallest absolute Gasteiger partial charge is 0.0939 e. The van der Waals surface area contributed by atoms with E-state index >= 15 is 0 Å². The van der Waals surface area contributed by atoms with E-state index in [9.17, 15) is 0 Å². The third-order valence-corrected chi connectivity index (χ3v) is 5.26. The number of nitrogens with one attached hydrogen (secondary N) is 1. The Morgan fingerprint density at radius 3 is 2.60 bits per heavy atom. The van der Waals surface area contributed by atoms with Gasteiger partial charge in [0.2, 0.25) is 0 Å². The molecule has 1 N–H and O–H groups in total. The van der Waals surface area contributed by atoms with Gasteiger partial charge in [-0.3, -0.25) is 0 Å². The van der Waals surface area contributed by atoms with Crippen LogP contribution >= 0.6 is 0 Å². The van der Waals surface area contributed by atoms with Crippen LogP contribution in [0.25, 0.3) is 0 Å².